The van der Waals surface area contributed by atoms with Crippen LogP contribution in [-0.4, -0.2) is 21.7 Å². The third kappa shape index (κ3) is 1.92. The highest BCUT2D eigenvalue weighted by atomic mass is 35.5. The molecule has 96 valence electrons. The van der Waals surface area contributed by atoms with Crippen LogP contribution in [0.15, 0.2) is 36.5 Å². The number of halogens is 2. The van der Waals surface area contributed by atoms with Crippen LogP contribution in [0.5, 0.6) is 5.75 Å². The van der Waals surface area contributed by atoms with Gasteiger partial charge in [-0.2, -0.15) is 5.10 Å². The molecule has 3 aromatic rings. The minimum absolute atomic E-state index is 0.170. The largest absolute Gasteiger partial charge is 0.494 e. The molecule has 0 fully saturated rings. The van der Waals surface area contributed by atoms with E-state index in [0.717, 1.165) is 0 Å². The van der Waals surface area contributed by atoms with Gasteiger partial charge in [0.25, 0.3) is 0 Å². The Morgan fingerprint density at radius 2 is 2.16 bits per heavy atom. The predicted molar refractivity (Wildman–Crippen MR) is 69.9 cm³/mol. The summed E-state index contributed by atoms with van der Waals surface area (Å²) in [5, 5.41) is 4.38. The van der Waals surface area contributed by atoms with Crippen LogP contribution in [0.2, 0.25) is 5.15 Å². The Morgan fingerprint density at radius 1 is 1.32 bits per heavy atom. The number of hydrogen-bond acceptors (Lipinski definition) is 3. The van der Waals surface area contributed by atoms with Crippen LogP contribution >= 0.6 is 11.6 Å². The molecular formula is C13H9ClFN3O. The molecule has 2 heterocycles. The minimum atomic E-state index is -0.461. The van der Waals surface area contributed by atoms with Crippen LogP contribution in [0.4, 0.5) is 4.39 Å². The summed E-state index contributed by atoms with van der Waals surface area (Å²) in [6.07, 6.45) is 1.58. The molecule has 2 aromatic heterocycles. The fourth-order valence-corrected chi connectivity index (χ4v) is 2.11. The van der Waals surface area contributed by atoms with E-state index in [2.05, 4.69) is 10.1 Å². The van der Waals surface area contributed by atoms with Gasteiger partial charge in [-0.15, -0.1) is 0 Å². The van der Waals surface area contributed by atoms with Crippen LogP contribution < -0.4 is 4.74 Å². The van der Waals surface area contributed by atoms with Crippen LogP contribution in [0.1, 0.15) is 0 Å². The van der Waals surface area contributed by atoms with E-state index in [1.807, 2.05) is 0 Å². The molecule has 0 N–H and O–H groups in total. The molecule has 0 bridgehead atoms. The Bertz CT molecular complexity index is 757. The van der Waals surface area contributed by atoms with Crippen LogP contribution in [0, 0.1) is 5.82 Å². The van der Waals surface area contributed by atoms with Gasteiger partial charge in [0.1, 0.15) is 5.15 Å². The van der Waals surface area contributed by atoms with Crippen molar-refractivity contribution in [2.75, 3.05) is 7.11 Å². The highest BCUT2D eigenvalue weighted by Crippen LogP contribution is 2.29. The Hall–Kier alpha value is -2.14. The fraction of sp³-hybridized carbons (Fsp3) is 0.0769. The molecule has 0 aliphatic carbocycles. The Labute approximate surface area is 113 Å². The Morgan fingerprint density at radius 3 is 2.95 bits per heavy atom. The summed E-state index contributed by atoms with van der Waals surface area (Å²) in [6.45, 7) is 0. The van der Waals surface area contributed by atoms with Crippen LogP contribution in [0.25, 0.3) is 16.9 Å². The summed E-state index contributed by atoms with van der Waals surface area (Å²) in [7, 11) is 1.42. The van der Waals surface area contributed by atoms with Gasteiger partial charge >= 0.3 is 0 Å². The van der Waals surface area contributed by atoms with Crippen LogP contribution in [0.3, 0.4) is 0 Å². The fourth-order valence-electron chi connectivity index (χ4n) is 1.88. The number of benzene rings is 1. The van der Waals surface area contributed by atoms with Crippen molar-refractivity contribution in [1.82, 2.24) is 14.6 Å². The van der Waals surface area contributed by atoms with Crippen molar-refractivity contribution in [3.63, 3.8) is 0 Å². The molecule has 0 spiro atoms. The lowest BCUT2D eigenvalue weighted by atomic mass is 10.1. The van der Waals surface area contributed by atoms with Gasteiger partial charge in [-0.25, -0.2) is 13.9 Å². The SMILES string of the molecule is COc1cccc(-c2cc(Cl)n3nccc3n2)c1F. The second-order valence-electron chi connectivity index (χ2n) is 3.89. The molecule has 0 saturated carbocycles. The number of aromatic nitrogens is 3. The van der Waals surface area contributed by atoms with E-state index in [-0.39, 0.29) is 5.75 Å². The molecule has 0 atom stereocenters. The number of fused-ring (bicyclic) bond motifs is 1. The van der Waals surface area contributed by atoms with E-state index in [0.29, 0.717) is 22.1 Å². The highest BCUT2D eigenvalue weighted by molar-refractivity contribution is 6.30. The Kier molecular flexibility index (Phi) is 2.83. The first-order valence-corrected chi connectivity index (χ1v) is 5.91. The first-order valence-electron chi connectivity index (χ1n) is 5.54. The summed E-state index contributed by atoms with van der Waals surface area (Å²) >= 11 is 6.09. The van der Waals surface area contributed by atoms with Crippen molar-refractivity contribution >= 4 is 17.2 Å². The third-order valence-electron chi connectivity index (χ3n) is 2.78. The first-order chi connectivity index (χ1) is 9.20. The molecule has 4 nitrogen and oxygen atoms in total. The molecule has 0 radical (unpaired) electrons. The maximum absolute atomic E-state index is 14.2. The molecule has 0 amide bonds. The van der Waals surface area contributed by atoms with Gasteiger partial charge in [0.2, 0.25) is 0 Å². The topological polar surface area (TPSA) is 39.4 Å². The molecule has 0 saturated heterocycles. The summed E-state index contributed by atoms with van der Waals surface area (Å²) in [4.78, 5) is 4.32. The van der Waals surface area contributed by atoms with Crippen molar-refractivity contribution in [3.8, 4) is 17.0 Å². The molecule has 19 heavy (non-hydrogen) atoms. The van der Waals surface area contributed by atoms with Gasteiger partial charge < -0.3 is 4.74 Å². The smallest absolute Gasteiger partial charge is 0.174 e. The van der Waals surface area contributed by atoms with Crippen molar-refractivity contribution in [2.45, 2.75) is 0 Å². The zero-order valence-electron chi connectivity index (χ0n) is 9.97. The van der Waals surface area contributed by atoms with Gasteiger partial charge in [-0.05, 0) is 12.1 Å². The highest BCUT2D eigenvalue weighted by Gasteiger charge is 2.13. The van der Waals surface area contributed by atoms with E-state index in [4.69, 9.17) is 16.3 Å². The lowest BCUT2D eigenvalue weighted by Gasteiger charge is -2.07. The molecule has 6 heteroatoms. The maximum atomic E-state index is 14.2. The number of hydrogen-bond donors (Lipinski definition) is 0. The second-order valence-corrected chi connectivity index (χ2v) is 4.27. The average Bonchev–Trinajstić information content (AvgIpc) is 2.88. The second kappa shape index (κ2) is 4.51. The summed E-state index contributed by atoms with van der Waals surface area (Å²) in [5.41, 5.74) is 1.34. The average molecular weight is 278 g/mol. The number of ether oxygens (including phenoxy) is 1. The number of methoxy groups -OCH3 is 1. The van der Waals surface area contributed by atoms with E-state index in [1.165, 1.54) is 11.6 Å². The van der Waals surface area contributed by atoms with Crippen molar-refractivity contribution in [1.29, 1.82) is 0 Å². The van der Waals surface area contributed by atoms with Crippen molar-refractivity contribution in [2.24, 2.45) is 0 Å². The van der Waals surface area contributed by atoms with E-state index in [9.17, 15) is 4.39 Å². The summed E-state index contributed by atoms with van der Waals surface area (Å²) < 4.78 is 20.6. The van der Waals surface area contributed by atoms with Gasteiger partial charge in [0.15, 0.2) is 17.2 Å². The van der Waals surface area contributed by atoms with Gasteiger partial charge in [-0.3, -0.25) is 0 Å². The maximum Gasteiger partial charge on any atom is 0.174 e. The third-order valence-corrected chi connectivity index (χ3v) is 3.04. The van der Waals surface area contributed by atoms with Crippen LogP contribution in [-0.2, 0) is 0 Å². The zero-order chi connectivity index (χ0) is 13.4. The van der Waals surface area contributed by atoms with Crippen molar-refractivity contribution in [3.05, 3.63) is 47.5 Å². The number of rotatable bonds is 2. The molecule has 0 aliphatic heterocycles. The Balaban J connectivity index is 2.24. The van der Waals surface area contributed by atoms with Gasteiger partial charge in [0, 0.05) is 17.7 Å². The molecule has 0 unspecified atom stereocenters. The summed E-state index contributed by atoms with van der Waals surface area (Å²) in [5.74, 6) is -0.291. The number of nitrogens with zero attached hydrogens (tertiary/aromatic N) is 3. The lowest BCUT2D eigenvalue weighted by Crippen LogP contribution is -1.97. The predicted octanol–water partition coefficient (Wildman–Crippen LogP) is 3.20. The molecule has 0 aliphatic rings. The standard InChI is InChI=1S/C13H9ClFN3O/c1-19-10-4-2-3-8(13(10)15)9-7-11(14)18-12(17-9)5-6-16-18/h2-7H,1H3. The van der Waals surface area contributed by atoms with E-state index >= 15 is 0 Å². The molecule has 3 rings (SSSR count). The van der Waals surface area contributed by atoms with E-state index in [1.54, 1.807) is 36.5 Å². The molecular weight excluding hydrogens is 269 g/mol. The quantitative estimate of drug-likeness (QED) is 0.675. The zero-order valence-corrected chi connectivity index (χ0v) is 10.7. The normalized spacial score (nSPS) is 10.9. The first kappa shape index (κ1) is 11.9. The monoisotopic (exact) mass is 277 g/mol. The minimum Gasteiger partial charge on any atom is -0.494 e. The molecule has 1 aromatic carbocycles. The van der Waals surface area contributed by atoms with Crippen molar-refractivity contribution < 1.29 is 9.13 Å². The van der Waals surface area contributed by atoms with Gasteiger partial charge in [-0.1, -0.05) is 17.7 Å². The van der Waals surface area contributed by atoms with E-state index < -0.39 is 5.82 Å². The summed E-state index contributed by atoms with van der Waals surface area (Å²) in [6, 6.07) is 8.15. The van der Waals surface area contributed by atoms with Gasteiger partial charge in [0.05, 0.1) is 19.0 Å². The lowest BCUT2D eigenvalue weighted by molar-refractivity contribution is 0.387.